The van der Waals surface area contributed by atoms with E-state index in [0.717, 1.165) is 16.8 Å². The number of aromatic nitrogens is 2. The molecule has 0 unspecified atom stereocenters. The number of alkyl halides is 3. The molecular formula is C31H22F4N4O4. The van der Waals surface area contributed by atoms with Gasteiger partial charge in [0.15, 0.2) is 23.9 Å². The molecule has 1 heterocycles. The third-order valence-electron chi connectivity index (χ3n) is 6.24. The lowest BCUT2D eigenvalue weighted by Crippen LogP contribution is -2.22. The molecule has 5 rings (SSSR count). The Morgan fingerprint density at radius 1 is 1.00 bits per heavy atom. The molecular weight excluding hydrogens is 568 g/mol. The second-order valence-electron chi connectivity index (χ2n) is 9.09. The number of hydrogen-bond acceptors (Lipinski definition) is 6. The zero-order valence-corrected chi connectivity index (χ0v) is 22.4. The van der Waals surface area contributed by atoms with Crippen molar-refractivity contribution in [2.45, 2.75) is 6.18 Å². The van der Waals surface area contributed by atoms with E-state index in [1.165, 1.54) is 49.7 Å². The zero-order chi connectivity index (χ0) is 30.6. The number of benzene rings is 4. The Kier molecular flexibility index (Phi) is 8.19. The quantitative estimate of drug-likeness (QED) is 0.173. The summed E-state index contributed by atoms with van der Waals surface area (Å²) in [6.07, 6.45) is -3.38. The fraction of sp³-hybridized carbons (Fsp3) is 0.0968. The topological polar surface area (TPSA) is 94.8 Å². The summed E-state index contributed by atoms with van der Waals surface area (Å²) < 4.78 is 66.4. The van der Waals surface area contributed by atoms with Gasteiger partial charge in [-0.15, -0.1) is 0 Å². The fourth-order valence-electron chi connectivity index (χ4n) is 4.21. The summed E-state index contributed by atoms with van der Waals surface area (Å²) in [4.78, 5) is 30.4. The van der Waals surface area contributed by atoms with E-state index >= 15 is 0 Å². The molecule has 0 saturated heterocycles. The van der Waals surface area contributed by atoms with E-state index in [4.69, 9.17) is 9.47 Å². The van der Waals surface area contributed by atoms with Gasteiger partial charge in [-0.1, -0.05) is 42.5 Å². The first-order chi connectivity index (χ1) is 20.7. The number of nitrogens with one attached hydrogen (secondary N) is 1. The maximum absolute atomic E-state index is 13.9. The average Bonchev–Trinajstić information content (AvgIpc) is 3.00. The Hall–Kier alpha value is -5.52. The van der Waals surface area contributed by atoms with Crippen LogP contribution in [0.2, 0.25) is 0 Å². The predicted octanol–water partition coefficient (Wildman–Crippen LogP) is 6.13. The largest absolute Gasteiger partial charge is 0.493 e. The number of para-hydroxylation sites is 3. The molecule has 43 heavy (non-hydrogen) atoms. The first-order valence-corrected chi connectivity index (χ1v) is 12.7. The molecule has 8 nitrogen and oxygen atoms in total. The summed E-state index contributed by atoms with van der Waals surface area (Å²) in [6.45, 7) is -0.525. The van der Waals surface area contributed by atoms with E-state index in [2.05, 4.69) is 15.4 Å². The standard InChI is InChI=1S/C31H22F4N4O4/c1-42-26-15-7-9-20(28(26)43-18-27(40)37-25-14-5-3-12-23(25)32)17-36-39-29(19-8-6-10-21(16-19)31(33,34)35)38-24-13-4-2-11-22(24)30(39)41/h2-17H,18H2,1H3,(H,37,40). The van der Waals surface area contributed by atoms with Crippen molar-refractivity contribution in [3.63, 3.8) is 0 Å². The highest BCUT2D eigenvalue weighted by molar-refractivity contribution is 5.92. The van der Waals surface area contributed by atoms with Crippen LogP contribution in [0.5, 0.6) is 11.5 Å². The van der Waals surface area contributed by atoms with Crippen molar-refractivity contribution in [3.05, 3.63) is 118 Å². The van der Waals surface area contributed by atoms with Crippen LogP contribution >= 0.6 is 0 Å². The molecule has 0 saturated carbocycles. The summed E-state index contributed by atoms with van der Waals surface area (Å²) >= 11 is 0. The molecule has 0 radical (unpaired) electrons. The fourth-order valence-corrected chi connectivity index (χ4v) is 4.21. The molecule has 0 aliphatic carbocycles. The number of amides is 1. The van der Waals surface area contributed by atoms with Gasteiger partial charge in [0.05, 0.1) is 35.5 Å². The van der Waals surface area contributed by atoms with Gasteiger partial charge in [-0.3, -0.25) is 9.59 Å². The highest BCUT2D eigenvalue weighted by atomic mass is 19.4. The molecule has 0 spiro atoms. The minimum atomic E-state index is -4.62. The summed E-state index contributed by atoms with van der Waals surface area (Å²) in [5.41, 5.74) is -1.00. The van der Waals surface area contributed by atoms with Crippen molar-refractivity contribution in [2.75, 3.05) is 19.0 Å². The van der Waals surface area contributed by atoms with Crippen molar-refractivity contribution in [1.82, 2.24) is 9.66 Å². The van der Waals surface area contributed by atoms with Crippen molar-refractivity contribution in [3.8, 4) is 22.9 Å². The molecule has 1 aromatic heterocycles. The molecule has 0 aliphatic heterocycles. The number of ether oxygens (including phenoxy) is 2. The number of hydrogen-bond donors (Lipinski definition) is 1. The van der Waals surface area contributed by atoms with E-state index in [1.807, 2.05) is 0 Å². The van der Waals surface area contributed by atoms with Crippen LogP contribution in [0.4, 0.5) is 23.2 Å². The lowest BCUT2D eigenvalue weighted by molar-refractivity contribution is -0.137. The van der Waals surface area contributed by atoms with Gasteiger partial charge in [-0.25, -0.2) is 9.37 Å². The Morgan fingerprint density at radius 2 is 1.74 bits per heavy atom. The molecule has 5 aromatic rings. The lowest BCUT2D eigenvalue weighted by atomic mass is 10.1. The van der Waals surface area contributed by atoms with Crippen LogP contribution in [0, 0.1) is 5.82 Å². The van der Waals surface area contributed by atoms with Crippen molar-refractivity contribution in [2.24, 2.45) is 5.10 Å². The molecule has 0 fully saturated rings. The van der Waals surface area contributed by atoms with Crippen molar-refractivity contribution < 1.29 is 31.8 Å². The molecule has 0 atom stereocenters. The van der Waals surface area contributed by atoms with Crippen molar-refractivity contribution >= 4 is 28.7 Å². The van der Waals surface area contributed by atoms with E-state index < -0.39 is 35.6 Å². The third kappa shape index (κ3) is 6.38. The van der Waals surface area contributed by atoms with Crippen LogP contribution in [-0.2, 0) is 11.0 Å². The van der Waals surface area contributed by atoms with Gasteiger partial charge in [0.25, 0.3) is 11.5 Å². The third-order valence-corrected chi connectivity index (χ3v) is 6.24. The second-order valence-corrected chi connectivity index (χ2v) is 9.09. The smallest absolute Gasteiger partial charge is 0.416 e. The van der Waals surface area contributed by atoms with E-state index in [-0.39, 0.29) is 45.0 Å². The minimum absolute atomic E-state index is 0.0155. The highest BCUT2D eigenvalue weighted by Gasteiger charge is 2.31. The Bertz CT molecular complexity index is 1900. The van der Waals surface area contributed by atoms with E-state index in [1.54, 1.807) is 42.5 Å². The Balaban J connectivity index is 1.53. The van der Waals surface area contributed by atoms with E-state index in [9.17, 15) is 27.2 Å². The molecule has 1 amide bonds. The van der Waals surface area contributed by atoms with Gasteiger partial charge in [0, 0.05) is 11.1 Å². The van der Waals surface area contributed by atoms with Crippen LogP contribution < -0.4 is 20.3 Å². The number of halogens is 4. The Morgan fingerprint density at radius 3 is 2.51 bits per heavy atom. The summed E-state index contributed by atoms with van der Waals surface area (Å²) in [6, 6.07) is 21.2. The number of carbonyl (C=O) groups is 1. The van der Waals surface area contributed by atoms with Crippen LogP contribution in [0.3, 0.4) is 0 Å². The normalized spacial score (nSPS) is 11.6. The van der Waals surface area contributed by atoms with Crippen LogP contribution in [0.1, 0.15) is 11.1 Å². The van der Waals surface area contributed by atoms with Gasteiger partial charge in [-0.2, -0.15) is 22.9 Å². The molecule has 12 heteroatoms. The van der Waals surface area contributed by atoms with Crippen molar-refractivity contribution in [1.29, 1.82) is 0 Å². The second kappa shape index (κ2) is 12.1. The maximum Gasteiger partial charge on any atom is 0.416 e. The first kappa shape index (κ1) is 29.0. The molecule has 4 aromatic carbocycles. The Labute approximate surface area is 241 Å². The van der Waals surface area contributed by atoms with Gasteiger partial charge in [-0.05, 0) is 48.5 Å². The van der Waals surface area contributed by atoms with E-state index in [0.29, 0.717) is 0 Å². The van der Waals surface area contributed by atoms with Crippen LogP contribution in [-0.4, -0.2) is 35.5 Å². The number of carbonyl (C=O) groups excluding carboxylic acids is 1. The minimum Gasteiger partial charge on any atom is -0.493 e. The van der Waals surface area contributed by atoms with Gasteiger partial charge < -0.3 is 14.8 Å². The van der Waals surface area contributed by atoms with Crippen LogP contribution in [0.15, 0.2) is 101 Å². The number of anilines is 1. The number of nitrogens with zero attached hydrogens (tertiary/aromatic N) is 3. The van der Waals surface area contributed by atoms with Gasteiger partial charge in [0.1, 0.15) is 5.82 Å². The summed E-state index contributed by atoms with van der Waals surface area (Å²) in [5, 5.41) is 6.90. The lowest BCUT2D eigenvalue weighted by Gasteiger charge is -2.14. The maximum atomic E-state index is 13.9. The molecule has 0 aliphatic rings. The van der Waals surface area contributed by atoms with Gasteiger partial charge >= 0.3 is 6.18 Å². The summed E-state index contributed by atoms with van der Waals surface area (Å²) in [5.74, 6) is -1.09. The SMILES string of the molecule is COc1cccc(C=Nn2c(-c3cccc(C(F)(F)F)c3)nc3ccccc3c2=O)c1OCC(=O)Nc1ccccc1F. The monoisotopic (exact) mass is 590 g/mol. The summed E-state index contributed by atoms with van der Waals surface area (Å²) in [7, 11) is 1.38. The number of methoxy groups -OCH3 is 1. The number of fused-ring (bicyclic) bond motifs is 1. The average molecular weight is 591 g/mol. The molecule has 0 bridgehead atoms. The van der Waals surface area contributed by atoms with Gasteiger partial charge in [0.2, 0.25) is 0 Å². The first-order valence-electron chi connectivity index (χ1n) is 12.7. The predicted molar refractivity (Wildman–Crippen MR) is 153 cm³/mol. The van der Waals surface area contributed by atoms with Crippen LogP contribution in [0.25, 0.3) is 22.3 Å². The molecule has 1 N–H and O–H groups in total. The molecule has 218 valence electrons. The number of rotatable bonds is 8. The highest BCUT2D eigenvalue weighted by Crippen LogP contribution is 2.33. The zero-order valence-electron chi connectivity index (χ0n) is 22.4.